The van der Waals surface area contributed by atoms with Crippen molar-refractivity contribution < 1.29 is 0 Å². The van der Waals surface area contributed by atoms with Gasteiger partial charge in [-0.25, -0.2) is 4.98 Å². The number of pyridine rings is 1. The predicted octanol–water partition coefficient (Wildman–Crippen LogP) is 2.86. The molecule has 0 atom stereocenters. The monoisotopic (exact) mass is 291 g/mol. The fourth-order valence-electron chi connectivity index (χ4n) is 1.15. The predicted molar refractivity (Wildman–Crippen MR) is 68.6 cm³/mol. The van der Waals surface area contributed by atoms with E-state index in [1.165, 1.54) is 0 Å². The molecule has 0 aliphatic carbocycles. The second kappa shape index (κ2) is 6.30. The SMILES string of the molecule is CN(C)CCCNc1ncc(Br)cc1Cl. The molecule has 0 amide bonds. The second-order valence-electron chi connectivity index (χ2n) is 3.57. The van der Waals surface area contributed by atoms with Crippen molar-refractivity contribution in [3.63, 3.8) is 0 Å². The molecule has 0 fully saturated rings. The number of halogens is 2. The van der Waals surface area contributed by atoms with Crippen LogP contribution in [-0.4, -0.2) is 37.1 Å². The fourth-order valence-corrected chi connectivity index (χ4v) is 1.84. The van der Waals surface area contributed by atoms with Crippen LogP contribution in [0.1, 0.15) is 6.42 Å². The van der Waals surface area contributed by atoms with E-state index in [2.05, 4.69) is 45.2 Å². The Morgan fingerprint density at radius 2 is 2.27 bits per heavy atom. The summed E-state index contributed by atoms with van der Waals surface area (Å²) in [4.78, 5) is 6.34. The van der Waals surface area contributed by atoms with Crippen molar-refractivity contribution >= 4 is 33.3 Å². The Kier molecular flexibility index (Phi) is 5.36. The molecule has 5 heteroatoms. The van der Waals surface area contributed by atoms with Gasteiger partial charge in [-0.2, -0.15) is 0 Å². The van der Waals surface area contributed by atoms with Crippen molar-refractivity contribution in [1.29, 1.82) is 0 Å². The van der Waals surface area contributed by atoms with Gasteiger partial charge in [-0.15, -0.1) is 0 Å². The average molecular weight is 293 g/mol. The summed E-state index contributed by atoms with van der Waals surface area (Å²) in [6.45, 7) is 1.94. The lowest BCUT2D eigenvalue weighted by atomic mass is 10.4. The summed E-state index contributed by atoms with van der Waals surface area (Å²) in [6, 6.07) is 1.84. The Morgan fingerprint density at radius 1 is 1.53 bits per heavy atom. The Balaban J connectivity index is 2.37. The van der Waals surface area contributed by atoms with E-state index in [-0.39, 0.29) is 0 Å². The van der Waals surface area contributed by atoms with Gasteiger partial charge in [-0.1, -0.05) is 11.6 Å². The van der Waals surface area contributed by atoms with E-state index in [0.717, 1.165) is 29.8 Å². The summed E-state index contributed by atoms with van der Waals surface area (Å²) < 4.78 is 0.895. The molecule has 0 bridgehead atoms. The topological polar surface area (TPSA) is 28.2 Å². The number of aromatic nitrogens is 1. The third-order valence-electron chi connectivity index (χ3n) is 1.88. The number of nitrogens with zero attached hydrogens (tertiary/aromatic N) is 2. The largest absolute Gasteiger partial charge is 0.369 e. The first kappa shape index (κ1) is 12.7. The van der Waals surface area contributed by atoms with Crippen LogP contribution in [0, 0.1) is 0 Å². The highest BCUT2D eigenvalue weighted by Crippen LogP contribution is 2.22. The highest BCUT2D eigenvalue weighted by atomic mass is 79.9. The van der Waals surface area contributed by atoms with E-state index in [0.29, 0.717) is 5.02 Å². The van der Waals surface area contributed by atoms with Gasteiger partial charge in [0.15, 0.2) is 0 Å². The fraction of sp³-hybridized carbons (Fsp3) is 0.500. The third-order valence-corrected chi connectivity index (χ3v) is 2.60. The van der Waals surface area contributed by atoms with Gasteiger partial charge in [0.25, 0.3) is 0 Å². The van der Waals surface area contributed by atoms with Crippen LogP contribution >= 0.6 is 27.5 Å². The van der Waals surface area contributed by atoms with Crippen molar-refractivity contribution in [3.8, 4) is 0 Å². The molecule has 1 heterocycles. The second-order valence-corrected chi connectivity index (χ2v) is 4.89. The maximum atomic E-state index is 6.01. The Hall–Kier alpha value is -0.320. The Labute approximate surface area is 104 Å². The molecule has 3 nitrogen and oxygen atoms in total. The van der Waals surface area contributed by atoms with Crippen LogP contribution in [0.2, 0.25) is 5.02 Å². The van der Waals surface area contributed by atoms with E-state index in [1.54, 1.807) is 6.20 Å². The van der Waals surface area contributed by atoms with Gasteiger partial charge in [-0.3, -0.25) is 0 Å². The number of hydrogen-bond donors (Lipinski definition) is 1. The molecule has 0 aliphatic rings. The number of anilines is 1. The van der Waals surface area contributed by atoms with Gasteiger partial charge in [0.1, 0.15) is 5.82 Å². The van der Waals surface area contributed by atoms with Crippen molar-refractivity contribution in [1.82, 2.24) is 9.88 Å². The van der Waals surface area contributed by atoms with Crippen LogP contribution in [0.4, 0.5) is 5.82 Å². The molecule has 0 saturated carbocycles. The minimum atomic E-state index is 0.647. The average Bonchev–Trinajstić information content (AvgIpc) is 2.14. The van der Waals surface area contributed by atoms with Crippen LogP contribution in [0.15, 0.2) is 16.7 Å². The lowest BCUT2D eigenvalue weighted by Gasteiger charge is -2.10. The van der Waals surface area contributed by atoms with Gasteiger partial charge in [0.2, 0.25) is 0 Å². The maximum absolute atomic E-state index is 6.01. The van der Waals surface area contributed by atoms with E-state index >= 15 is 0 Å². The molecule has 1 N–H and O–H groups in total. The molecule has 0 unspecified atom stereocenters. The van der Waals surface area contributed by atoms with Gasteiger partial charge in [0.05, 0.1) is 5.02 Å². The molecule has 0 aliphatic heterocycles. The lowest BCUT2D eigenvalue weighted by Crippen LogP contribution is -2.16. The first-order valence-electron chi connectivity index (χ1n) is 4.79. The Morgan fingerprint density at radius 3 is 2.87 bits per heavy atom. The molecule has 84 valence electrons. The molecule has 0 aromatic carbocycles. The van der Waals surface area contributed by atoms with Crippen LogP contribution in [0.5, 0.6) is 0 Å². The van der Waals surface area contributed by atoms with Gasteiger partial charge in [-0.05, 0) is 49.1 Å². The first-order valence-corrected chi connectivity index (χ1v) is 5.96. The van der Waals surface area contributed by atoms with Crippen LogP contribution in [0.3, 0.4) is 0 Å². The summed E-state index contributed by atoms with van der Waals surface area (Å²) in [5.74, 6) is 0.749. The van der Waals surface area contributed by atoms with Gasteiger partial charge >= 0.3 is 0 Å². The standard InChI is InChI=1S/C10H15BrClN3/c1-15(2)5-3-4-13-10-9(12)6-8(11)7-14-10/h6-7H,3-5H2,1-2H3,(H,13,14). The Bertz CT molecular complexity index is 318. The van der Waals surface area contributed by atoms with Crippen molar-refractivity contribution in [2.45, 2.75) is 6.42 Å². The zero-order valence-electron chi connectivity index (χ0n) is 8.93. The van der Waals surface area contributed by atoms with Crippen LogP contribution < -0.4 is 5.32 Å². The molecule has 1 rings (SSSR count). The van der Waals surface area contributed by atoms with Gasteiger partial charge in [0, 0.05) is 17.2 Å². The van der Waals surface area contributed by atoms with E-state index in [4.69, 9.17) is 11.6 Å². The summed E-state index contributed by atoms with van der Waals surface area (Å²) in [5, 5.41) is 3.85. The number of nitrogens with one attached hydrogen (secondary N) is 1. The first-order chi connectivity index (χ1) is 7.09. The summed E-state index contributed by atoms with van der Waals surface area (Å²) in [5.41, 5.74) is 0. The van der Waals surface area contributed by atoms with Crippen molar-refractivity contribution in [3.05, 3.63) is 21.8 Å². The summed E-state index contributed by atoms with van der Waals surface area (Å²) >= 11 is 9.32. The molecular weight excluding hydrogens is 277 g/mol. The highest BCUT2D eigenvalue weighted by Gasteiger charge is 2.01. The molecule has 15 heavy (non-hydrogen) atoms. The molecule has 0 spiro atoms. The molecule has 0 radical (unpaired) electrons. The molecular formula is C10H15BrClN3. The molecule has 0 saturated heterocycles. The molecule has 1 aromatic heterocycles. The molecule has 1 aromatic rings. The minimum absolute atomic E-state index is 0.647. The lowest BCUT2D eigenvalue weighted by molar-refractivity contribution is 0.405. The summed E-state index contributed by atoms with van der Waals surface area (Å²) in [7, 11) is 4.12. The highest BCUT2D eigenvalue weighted by molar-refractivity contribution is 9.10. The van der Waals surface area contributed by atoms with Gasteiger partial charge < -0.3 is 10.2 Å². The van der Waals surface area contributed by atoms with Crippen molar-refractivity contribution in [2.75, 3.05) is 32.5 Å². The van der Waals surface area contributed by atoms with E-state index in [1.807, 2.05) is 6.07 Å². The van der Waals surface area contributed by atoms with Crippen LogP contribution in [0.25, 0.3) is 0 Å². The zero-order chi connectivity index (χ0) is 11.3. The van der Waals surface area contributed by atoms with Crippen molar-refractivity contribution in [2.24, 2.45) is 0 Å². The minimum Gasteiger partial charge on any atom is -0.369 e. The normalized spacial score (nSPS) is 10.7. The number of hydrogen-bond acceptors (Lipinski definition) is 3. The third kappa shape index (κ3) is 4.82. The summed E-state index contributed by atoms with van der Waals surface area (Å²) in [6.07, 6.45) is 2.81. The van der Waals surface area contributed by atoms with E-state index in [9.17, 15) is 0 Å². The quantitative estimate of drug-likeness (QED) is 0.846. The zero-order valence-corrected chi connectivity index (χ0v) is 11.3. The maximum Gasteiger partial charge on any atom is 0.144 e. The van der Waals surface area contributed by atoms with Crippen LogP contribution in [-0.2, 0) is 0 Å². The number of rotatable bonds is 5. The smallest absolute Gasteiger partial charge is 0.144 e. The van der Waals surface area contributed by atoms with E-state index < -0.39 is 0 Å².